The number of benzene rings is 1. The Bertz CT molecular complexity index is 476. The van der Waals surface area contributed by atoms with Gasteiger partial charge in [0.1, 0.15) is 5.75 Å². The maximum Gasteiger partial charge on any atom is 0.258 e. The Kier molecular flexibility index (Phi) is 5.69. The fourth-order valence-corrected chi connectivity index (χ4v) is 2.95. The van der Waals surface area contributed by atoms with Crippen LogP contribution in [0.3, 0.4) is 0 Å². The molecule has 20 heavy (non-hydrogen) atoms. The van der Waals surface area contributed by atoms with Crippen molar-refractivity contribution in [1.82, 2.24) is 10.2 Å². The van der Waals surface area contributed by atoms with Crippen molar-refractivity contribution in [3.63, 3.8) is 0 Å². The molecule has 2 rings (SSSR count). The van der Waals surface area contributed by atoms with Gasteiger partial charge in [-0.05, 0) is 67.1 Å². The van der Waals surface area contributed by atoms with E-state index in [0.29, 0.717) is 10.8 Å². The van der Waals surface area contributed by atoms with Crippen LogP contribution in [0.5, 0.6) is 5.75 Å². The van der Waals surface area contributed by atoms with Crippen LogP contribution in [-0.4, -0.2) is 43.6 Å². The number of hydrogen-bond donors (Lipinski definition) is 1. The van der Waals surface area contributed by atoms with Gasteiger partial charge in [-0.3, -0.25) is 4.79 Å². The molecule has 1 saturated heterocycles. The highest BCUT2D eigenvalue weighted by atomic mass is 79.9. The van der Waals surface area contributed by atoms with Crippen molar-refractivity contribution in [3.05, 3.63) is 27.7 Å². The normalized spacial score (nSPS) is 16.9. The van der Waals surface area contributed by atoms with E-state index in [0.717, 1.165) is 30.4 Å². The van der Waals surface area contributed by atoms with E-state index < -0.39 is 0 Å². The lowest BCUT2D eigenvalue weighted by Gasteiger charge is -2.29. The van der Waals surface area contributed by atoms with E-state index in [1.165, 1.54) is 0 Å². The summed E-state index contributed by atoms with van der Waals surface area (Å²) in [6.45, 7) is 2.07. The topological polar surface area (TPSA) is 41.6 Å². The highest BCUT2D eigenvalue weighted by molar-refractivity contribution is 9.10. The molecule has 0 bridgehead atoms. The maximum atomic E-state index is 11.9. The smallest absolute Gasteiger partial charge is 0.258 e. The van der Waals surface area contributed by atoms with Gasteiger partial charge in [0.2, 0.25) is 0 Å². The monoisotopic (exact) mass is 360 g/mol. The molecule has 0 radical (unpaired) electrons. The van der Waals surface area contributed by atoms with Gasteiger partial charge in [-0.15, -0.1) is 0 Å². The number of carbonyl (C=O) groups excluding carboxylic acids is 1. The van der Waals surface area contributed by atoms with E-state index >= 15 is 0 Å². The minimum Gasteiger partial charge on any atom is -0.483 e. The van der Waals surface area contributed by atoms with Crippen molar-refractivity contribution < 1.29 is 9.53 Å². The molecule has 0 unspecified atom stereocenters. The third kappa shape index (κ3) is 4.65. The Hall–Kier alpha value is -0.780. The number of nitrogens with zero attached hydrogens (tertiary/aromatic N) is 1. The second-order valence-corrected chi connectivity index (χ2v) is 6.30. The number of carbonyl (C=O) groups is 1. The number of rotatable bonds is 4. The van der Waals surface area contributed by atoms with Crippen LogP contribution in [-0.2, 0) is 4.79 Å². The molecule has 0 spiro atoms. The van der Waals surface area contributed by atoms with Crippen LogP contribution in [0, 0.1) is 0 Å². The number of ether oxygens (including phenoxy) is 1. The summed E-state index contributed by atoms with van der Waals surface area (Å²) in [6, 6.07) is 5.48. The second kappa shape index (κ2) is 7.29. The predicted octanol–water partition coefficient (Wildman–Crippen LogP) is 2.69. The third-order valence-electron chi connectivity index (χ3n) is 3.34. The first-order valence-electron chi connectivity index (χ1n) is 6.60. The highest BCUT2D eigenvalue weighted by Crippen LogP contribution is 2.27. The average Bonchev–Trinajstić information content (AvgIpc) is 2.40. The predicted molar refractivity (Wildman–Crippen MR) is 83.3 cm³/mol. The summed E-state index contributed by atoms with van der Waals surface area (Å²) < 4.78 is 6.24. The fraction of sp³-hybridized carbons (Fsp3) is 0.500. The van der Waals surface area contributed by atoms with Crippen molar-refractivity contribution in [2.24, 2.45) is 0 Å². The van der Waals surface area contributed by atoms with Crippen LogP contribution in [0.2, 0.25) is 5.02 Å². The standard InChI is InChI=1S/C14H18BrClN2O2/c1-18-6-4-11(5-7-18)17-14(19)9-20-13-3-2-10(16)8-12(13)15/h2-3,8,11H,4-7,9H2,1H3,(H,17,19). The molecule has 0 aromatic heterocycles. The van der Waals surface area contributed by atoms with E-state index in [2.05, 4.69) is 33.2 Å². The summed E-state index contributed by atoms with van der Waals surface area (Å²) in [6.07, 6.45) is 1.99. The average molecular weight is 362 g/mol. The number of amides is 1. The molecule has 110 valence electrons. The minimum atomic E-state index is -0.0820. The molecule has 1 N–H and O–H groups in total. The van der Waals surface area contributed by atoms with Crippen molar-refractivity contribution in [1.29, 1.82) is 0 Å². The Morgan fingerprint density at radius 3 is 2.85 bits per heavy atom. The van der Waals surface area contributed by atoms with Crippen molar-refractivity contribution in [3.8, 4) is 5.75 Å². The first kappa shape index (κ1) is 15.6. The van der Waals surface area contributed by atoms with E-state index in [9.17, 15) is 4.79 Å². The number of halogens is 2. The van der Waals surface area contributed by atoms with Gasteiger partial charge >= 0.3 is 0 Å². The number of nitrogens with one attached hydrogen (secondary N) is 1. The molecular weight excluding hydrogens is 344 g/mol. The fourth-order valence-electron chi connectivity index (χ4n) is 2.16. The molecule has 0 saturated carbocycles. The van der Waals surface area contributed by atoms with Crippen LogP contribution < -0.4 is 10.1 Å². The molecule has 1 heterocycles. The van der Waals surface area contributed by atoms with Crippen LogP contribution in [0.1, 0.15) is 12.8 Å². The first-order valence-corrected chi connectivity index (χ1v) is 7.77. The summed E-state index contributed by atoms with van der Waals surface area (Å²) in [7, 11) is 2.10. The van der Waals surface area contributed by atoms with Crippen LogP contribution in [0.25, 0.3) is 0 Å². The van der Waals surface area contributed by atoms with Gasteiger partial charge in [0.05, 0.1) is 4.47 Å². The van der Waals surface area contributed by atoms with Gasteiger partial charge in [0.25, 0.3) is 5.91 Å². The van der Waals surface area contributed by atoms with Gasteiger partial charge in [-0.1, -0.05) is 11.6 Å². The van der Waals surface area contributed by atoms with Crippen LogP contribution >= 0.6 is 27.5 Å². The zero-order valence-electron chi connectivity index (χ0n) is 11.4. The zero-order chi connectivity index (χ0) is 14.5. The lowest BCUT2D eigenvalue weighted by atomic mass is 10.1. The van der Waals surface area contributed by atoms with E-state index in [4.69, 9.17) is 16.3 Å². The molecule has 1 aromatic rings. The van der Waals surface area contributed by atoms with Gasteiger partial charge < -0.3 is 15.0 Å². The summed E-state index contributed by atoms with van der Waals surface area (Å²) in [5.74, 6) is 0.536. The second-order valence-electron chi connectivity index (χ2n) is 5.01. The van der Waals surface area contributed by atoms with Crippen molar-refractivity contribution in [2.45, 2.75) is 18.9 Å². The Morgan fingerprint density at radius 2 is 2.20 bits per heavy atom. The molecule has 1 aliphatic heterocycles. The summed E-state index contributed by atoms with van der Waals surface area (Å²) in [5, 5.41) is 3.63. The van der Waals surface area contributed by atoms with Crippen molar-refractivity contribution >= 4 is 33.4 Å². The molecule has 1 amide bonds. The molecule has 6 heteroatoms. The molecule has 1 fully saturated rings. The SMILES string of the molecule is CN1CCC(NC(=O)COc2ccc(Cl)cc2Br)CC1. The third-order valence-corrected chi connectivity index (χ3v) is 4.19. The molecule has 0 atom stereocenters. The zero-order valence-corrected chi connectivity index (χ0v) is 13.7. The van der Waals surface area contributed by atoms with Crippen molar-refractivity contribution in [2.75, 3.05) is 26.7 Å². The summed E-state index contributed by atoms with van der Waals surface area (Å²) in [5.41, 5.74) is 0. The van der Waals surface area contributed by atoms with E-state index in [1.54, 1.807) is 18.2 Å². The van der Waals surface area contributed by atoms with Crippen LogP contribution in [0.15, 0.2) is 22.7 Å². The quantitative estimate of drug-likeness (QED) is 0.896. The van der Waals surface area contributed by atoms with E-state index in [-0.39, 0.29) is 18.6 Å². The van der Waals surface area contributed by atoms with Gasteiger partial charge in [-0.2, -0.15) is 0 Å². The number of piperidine rings is 1. The maximum absolute atomic E-state index is 11.9. The van der Waals surface area contributed by atoms with Gasteiger partial charge in [0.15, 0.2) is 6.61 Å². The molecular formula is C14H18BrClN2O2. The Labute approximate surface area is 132 Å². The molecule has 0 aliphatic carbocycles. The van der Waals surface area contributed by atoms with Gasteiger partial charge in [-0.25, -0.2) is 0 Å². The molecule has 1 aliphatic rings. The number of hydrogen-bond acceptors (Lipinski definition) is 3. The van der Waals surface area contributed by atoms with Crippen LogP contribution in [0.4, 0.5) is 0 Å². The highest BCUT2D eigenvalue weighted by Gasteiger charge is 2.18. The molecule has 1 aromatic carbocycles. The first-order chi connectivity index (χ1) is 9.54. The summed E-state index contributed by atoms with van der Waals surface area (Å²) >= 11 is 9.21. The molecule has 4 nitrogen and oxygen atoms in total. The van der Waals surface area contributed by atoms with E-state index in [1.807, 2.05) is 0 Å². The lowest BCUT2D eigenvalue weighted by Crippen LogP contribution is -2.44. The van der Waals surface area contributed by atoms with Gasteiger partial charge in [0, 0.05) is 11.1 Å². The largest absolute Gasteiger partial charge is 0.483 e. The Morgan fingerprint density at radius 1 is 1.50 bits per heavy atom. The minimum absolute atomic E-state index is 0.0204. The number of likely N-dealkylation sites (tertiary alicyclic amines) is 1. The summed E-state index contributed by atoms with van der Waals surface area (Å²) in [4.78, 5) is 14.1. The lowest BCUT2D eigenvalue weighted by molar-refractivity contribution is -0.124. The Balaban J connectivity index is 1.77.